The normalized spacial score (nSPS) is 24.0. The predicted octanol–water partition coefficient (Wildman–Crippen LogP) is 2.83. The van der Waals surface area contributed by atoms with Crippen molar-refractivity contribution >= 4 is 21.8 Å². The third-order valence-corrected chi connectivity index (χ3v) is 13.6. The van der Waals surface area contributed by atoms with Crippen molar-refractivity contribution in [2.24, 2.45) is 5.92 Å². The SMILES string of the molecule is CCCCN1C(=O)C(C(O)C2CCCCC2)NC(=O)C12CCN(Cc1c(C)nn(-c3ccc(S(=O)(=O)N4CCN(C)CC4)cc3)c1C)CC2. The van der Waals surface area contributed by atoms with Gasteiger partial charge in [-0.25, -0.2) is 13.1 Å². The van der Waals surface area contributed by atoms with E-state index in [1.165, 1.54) is 0 Å². The largest absolute Gasteiger partial charge is 0.390 e. The fourth-order valence-electron chi connectivity index (χ4n) is 8.35. The molecule has 1 aromatic heterocycles. The highest BCUT2D eigenvalue weighted by Crippen LogP contribution is 2.37. The summed E-state index contributed by atoms with van der Waals surface area (Å²) in [4.78, 5) is 34.5. The molecule has 1 aliphatic carbocycles. The smallest absolute Gasteiger partial charge is 0.248 e. The van der Waals surface area contributed by atoms with E-state index in [0.29, 0.717) is 52.1 Å². The number of aliphatic hydroxyl groups excluding tert-OH is 1. The summed E-state index contributed by atoms with van der Waals surface area (Å²) < 4.78 is 29.9. The maximum atomic E-state index is 14.0. The molecule has 0 radical (unpaired) electrons. The van der Waals surface area contributed by atoms with E-state index >= 15 is 0 Å². The number of nitrogens with zero attached hydrogens (tertiary/aromatic N) is 6. The van der Waals surface area contributed by atoms with Crippen molar-refractivity contribution in [1.82, 2.24) is 34.1 Å². The van der Waals surface area contributed by atoms with Crippen molar-refractivity contribution in [1.29, 1.82) is 0 Å². The van der Waals surface area contributed by atoms with Crippen LogP contribution in [0.4, 0.5) is 0 Å². The molecule has 6 rings (SSSR count). The van der Waals surface area contributed by atoms with E-state index in [2.05, 4.69) is 22.0 Å². The summed E-state index contributed by atoms with van der Waals surface area (Å²) in [7, 11) is -1.55. The molecule has 2 atom stereocenters. The number of aromatic nitrogens is 2. The van der Waals surface area contributed by atoms with Gasteiger partial charge in [-0.3, -0.25) is 14.5 Å². The monoisotopic (exact) mass is 697 g/mol. The van der Waals surface area contributed by atoms with Crippen LogP contribution in [0.2, 0.25) is 0 Å². The lowest BCUT2D eigenvalue weighted by atomic mass is 9.78. The second-order valence-corrected chi connectivity index (χ2v) is 16.7. The second-order valence-electron chi connectivity index (χ2n) is 14.8. The number of amides is 2. The highest BCUT2D eigenvalue weighted by molar-refractivity contribution is 7.89. The molecule has 1 spiro atoms. The number of piperidine rings is 1. The summed E-state index contributed by atoms with van der Waals surface area (Å²) in [5.41, 5.74) is 2.90. The van der Waals surface area contributed by atoms with Crippen LogP contribution in [0.15, 0.2) is 29.2 Å². The van der Waals surface area contributed by atoms with E-state index in [4.69, 9.17) is 5.10 Å². The first kappa shape index (κ1) is 36.0. The number of carbonyl (C=O) groups excluding carboxylic acids is 2. The van der Waals surface area contributed by atoms with Gasteiger partial charge in [0.15, 0.2) is 0 Å². The van der Waals surface area contributed by atoms with Crippen molar-refractivity contribution in [3.63, 3.8) is 0 Å². The minimum absolute atomic E-state index is 0.0485. The Morgan fingerprint density at radius 2 is 1.63 bits per heavy atom. The zero-order chi connectivity index (χ0) is 34.9. The molecule has 12 nitrogen and oxygen atoms in total. The predicted molar refractivity (Wildman–Crippen MR) is 188 cm³/mol. The van der Waals surface area contributed by atoms with Crippen molar-refractivity contribution in [2.75, 3.05) is 52.9 Å². The molecule has 270 valence electrons. The average molecular weight is 698 g/mol. The summed E-state index contributed by atoms with van der Waals surface area (Å²) >= 11 is 0. The van der Waals surface area contributed by atoms with Crippen LogP contribution < -0.4 is 5.32 Å². The lowest BCUT2D eigenvalue weighted by Crippen LogP contribution is -2.75. The average Bonchev–Trinajstić information content (AvgIpc) is 3.39. The molecule has 4 fully saturated rings. The third kappa shape index (κ3) is 7.06. The lowest BCUT2D eigenvalue weighted by molar-refractivity contribution is -0.166. The number of sulfonamides is 1. The Bertz CT molecular complexity index is 1590. The Labute approximate surface area is 291 Å². The zero-order valence-corrected chi connectivity index (χ0v) is 30.6. The maximum Gasteiger partial charge on any atom is 0.248 e. The Kier molecular flexibility index (Phi) is 10.9. The van der Waals surface area contributed by atoms with Gasteiger partial charge in [0, 0.05) is 63.6 Å². The van der Waals surface area contributed by atoms with E-state index in [0.717, 1.165) is 80.7 Å². The number of likely N-dealkylation sites (N-methyl/N-ethyl adjacent to an activating group) is 1. The highest BCUT2D eigenvalue weighted by Gasteiger charge is 2.55. The molecule has 3 aliphatic heterocycles. The van der Waals surface area contributed by atoms with Crippen LogP contribution in [0.5, 0.6) is 0 Å². The van der Waals surface area contributed by atoms with E-state index in [1.807, 2.05) is 42.6 Å². The van der Waals surface area contributed by atoms with Gasteiger partial charge in [0.05, 0.1) is 22.4 Å². The summed E-state index contributed by atoms with van der Waals surface area (Å²) in [6.07, 6.45) is 7.03. The van der Waals surface area contributed by atoms with Gasteiger partial charge >= 0.3 is 0 Å². The molecule has 2 unspecified atom stereocenters. The number of carbonyl (C=O) groups is 2. The molecule has 2 N–H and O–H groups in total. The molecular weight excluding hydrogens is 643 g/mol. The molecule has 2 amide bonds. The number of piperazine rings is 2. The van der Waals surface area contributed by atoms with Gasteiger partial charge in [-0.2, -0.15) is 9.40 Å². The van der Waals surface area contributed by atoms with Crippen LogP contribution in [-0.2, 0) is 26.2 Å². The minimum atomic E-state index is -3.55. The number of hydrogen-bond donors (Lipinski definition) is 2. The van der Waals surface area contributed by atoms with Gasteiger partial charge in [0.2, 0.25) is 21.8 Å². The number of rotatable bonds is 10. The Morgan fingerprint density at radius 1 is 0.980 bits per heavy atom. The van der Waals surface area contributed by atoms with Crippen molar-refractivity contribution in [3.8, 4) is 5.69 Å². The van der Waals surface area contributed by atoms with Crippen LogP contribution in [0.25, 0.3) is 5.69 Å². The standard InChI is InChI=1S/C36H55N7O5S/c1-5-6-18-42-34(45)32(33(44)28-10-8-7-9-11-28)37-35(46)36(42)16-19-40(20-17-36)25-31-26(2)38-43(27(31)3)29-12-14-30(15-13-29)49(47,48)41-23-21-39(4)22-24-41/h12-15,28,32-33,44H,5-11,16-25H2,1-4H3,(H,37,46). The third-order valence-electron chi connectivity index (χ3n) is 11.7. The second kappa shape index (κ2) is 14.8. The summed E-state index contributed by atoms with van der Waals surface area (Å²) in [5.74, 6) is -0.205. The number of nitrogens with one attached hydrogen (secondary N) is 1. The molecule has 49 heavy (non-hydrogen) atoms. The molecule has 4 heterocycles. The van der Waals surface area contributed by atoms with E-state index in [-0.39, 0.29) is 22.6 Å². The van der Waals surface area contributed by atoms with Gasteiger partial charge < -0.3 is 20.2 Å². The van der Waals surface area contributed by atoms with Crippen LogP contribution >= 0.6 is 0 Å². The van der Waals surface area contributed by atoms with Crippen molar-refractivity contribution in [2.45, 2.75) is 108 Å². The van der Waals surface area contributed by atoms with Crippen LogP contribution in [0.3, 0.4) is 0 Å². The molecule has 4 aliphatic rings. The number of unbranched alkanes of at least 4 members (excludes halogenated alkanes) is 1. The number of likely N-dealkylation sites (tertiary alicyclic amines) is 1. The Balaban J connectivity index is 1.13. The van der Waals surface area contributed by atoms with E-state index in [1.54, 1.807) is 16.4 Å². The summed E-state index contributed by atoms with van der Waals surface area (Å²) in [5, 5.41) is 19.1. The van der Waals surface area contributed by atoms with Crippen LogP contribution in [-0.4, -0.2) is 125 Å². The molecule has 3 saturated heterocycles. The molecule has 13 heteroatoms. The zero-order valence-electron chi connectivity index (χ0n) is 29.7. The van der Waals surface area contributed by atoms with Gasteiger partial charge in [-0.05, 0) is 83.2 Å². The fourth-order valence-corrected chi connectivity index (χ4v) is 9.77. The Morgan fingerprint density at radius 3 is 2.27 bits per heavy atom. The first-order valence-corrected chi connectivity index (χ1v) is 19.8. The topological polar surface area (TPSA) is 131 Å². The van der Waals surface area contributed by atoms with Gasteiger partial charge in [-0.15, -0.1) is 0 Å². The first-order valence-electron chi connectivity index (χ1n) is 18.3. The van der Waals surface area contributed by atoms with Crippen LogP contribution in [0.1, 0.15) is 81.7 Å². The number of benzene rings is 1. The number of aliphatic hydroxyl groups is 1. The number of hydrogen-bond acceptors (Lipinski definition) is 8. The fraction of sp³-hybridized carbons (Fsp3) is 0.694. The number of aryl methyl sites for hydroxylation is 1. The maximum absolute atomic E-state index is 14.0. The summed E-state index contributed by atoms with van der Waals surface area (Å²) in [6.45, 7) is 11.0. The van der Waals surface area contributed by atoms with Gasteiger partial charge in [0.25, 0.3) is 0 Å². The molecular formula is C36H55N7O5S. The molecule has 1 saturated carbocycles. The van der Waals surface area contributed by atoms with Gasteiger partial charge in [-0.1, -0.05) is 32.6 Å². The first-order chi connectivity index (χ1) is 23.5. The Hall–Kier alpha value is -2.84. The van der Waals surface area contributed by atoms with Crippen molar-refractivity contribution < 1.29 is 23.1 Å². The van der Waals surface area contributed by atoms with E-state index in [9.17, 15) is 23.1 Å². The highest BCUT2D eigenvalue weighted by atomic mass is 32.2. The van der Waals surface area contributed by atoms with E-state index < -0.39 is 27.7 Å². The quantitative estimate of drug-likeness (QED) is 0.388. The molecule has 1 aromatic carbocycles. The molecule has 0 bridgehead atoms. The lowest BCUT2D eigenvalue weighted by Gasteiger charge is -2.52. The molecule has 2 aromatic rings. The van der Waals surface area contributed by atoms with Crippen molar-refractivity contribution in [3.05, 3.63) is 41.2 Å². The minimum Gasteiger partial charge on any atom is -0.390 e. The van der Waals surface area contributed by atoms with Crippen LogP contribution in [0, 0.1) is 19.8 Å². The summed E-state index contributed by atoms with van der Waals surface area (Å²) in [6, 6.07) is 6.11. The van der Waals surface area contributed by atoms with Gasteiger partial charge in [0.1, 0.15) is 11.6 Å².